The highest BCUT2D eigenvalue weighted by Gasteiger charge is 2.24. The predicted octanol–water partition coefficient (Wildman–Crippen LogP) is 2.06. The van der Waals surface area contributed by atoms with Gasteiger partial charge in [0, 0.05) is 38.9 Å². The van der Waals surface area contributed by atoms with Crippen LogP contribution in [0.15, 0.2) is 34.9 Å². The lowest BCUT2D eigenvalue weighted by atomic mass is 10.1. The summed E-state index contributed by atoms with van der Waals surface area (Å²) < 4.78 is 5.53. The van der Waals surface area contributed by atoms with E-state index in [1.54, 1.807) is 30.9 Å². The number of furan rings is 1. The lowest BCUT2D eigenvalue weighted by Crippen LogP contribution is -2.48. The van der Waals surface area contributed by atoms with Crippen LogP contribution in [0.25, 0.3) is 0 Å². The summed E-state index contributed by atoms with van der Waals surface area (Å²) in [4.78, 5) is 21.2. The zero-order valence-corrected chi connectivity index (χ0v) is 16.0. The number of hydrogen-bond acceptors (Lipinski definition) is 5. The molecule has 3 heterocycles. The van der Waals surface area contributed by atoms with Gasteiger partial charge < -0.3 is 14.4 Å². The van der Waals surface area contributed by atoms with E-state index in [-0.39, 0.29) is 11.7 Å². The minimum atomic E-state index is -1.10. The number of aromatic nitrogens is 1. The van der Waals surface area contributed by atoms with Crippen molar-refractivity contribution in [3.8, 4) is 11.8 Å². The average molecular weight is 367 g/mol. The largest absolute Gasteiger partial charge is 0.443 e. The fraction of sp³-hybridized carbons (Fsp3) is 0.429. The molecule has 1 N–H and O–H groups in total. The van der Waals surface area contributed by atoms with E-state index in [0.29, 0.717) is 18.8 Å². The maximum absolute atomic E-state index is 12.6. The Morgan fingerprint density at radius 2 is 2.00 bits per heavy atom. The fourth-order valence-electron chi connectivity index (χ4n) is 2.90. The van der Waals surface area contributed by atoms with Gasteiger partial charge in [-0.1, -0.05) is 12.0 Å². The molecule has 0 radical (unpaired) electrons. The molecule has 0 aliphatic carbocycles. The van der Waals surface area contributed by atoms with Gasteiger partial charge in [0.05, 0.1) is 5.69 Å². The molecular weight excluding hydrogens is 342 g/mol. The van der Waals surface area contributed by atoms with Crippen molar-refractivity contribution >= 4 is 5.91 Å². The smallest absolute Gasteiger partial charge is 0.289 e. The van der Waals surface area contributed by atoms with Crippen molar-refractivity contribution in [2.45, 2.75) is 32.9 Å². The average Bonchev–Trinajstić information content (AvgIpc) is 3.11. The van der Waals surface area contributed by atoms with E-state index in [4.69, 9.17) is 4.42 Å². The molecule has 0 saturated carbocycles. The highest BCUT2D eigenvalue weighted by atomic mass is 16.4. The molecule has 6 nitrogen and oxygen atoms in total. The minimum Gasteiger partial charge on any atom is -0.443 e. The Hall–Kier alpha value is -2.62. The Morgan fingerprint density at radius 1 is 1.26 bits per heavy atom. The normalized spacial score (nSPS) is 15.3. The van der Waals surface area contributed by atoms with Crippen LogP contribution in [0.4, 0.5) is 0 Å². The fourth-order valence-corrected chi connectivity index (χ4v) is 2.90. The summed E-state index contributed by atoms with van der Waals surface area (Å²) in [7, 11) is 0. The number of carbonyl (C=O) groups is 1. The number of pyridine rings is 1. The van der Waals surface area contributed by atoms with Crippen molar-refractivity contribution in [2.24, 2.45) is 0 Å². The maximum Gasteiger partial charge on any atom is 0.289 e. The number of nitrogens with zero attached hydrogens (tertiary/aromatic N) is 3. The van der Waals surface area contributed by atoms with E-state index in [2.05, 4.69) is 34.7 Å². The molecule has 0 atom stereocenters. The summed E-state index contributed by atoms with van der Waals surface area (Å²) in [6, 6.07) is 7.31. The van der Waals surface area contributed by atoms with Gasteiger partial charge in [-0.3, -0.25) is 14.7 Å². The minimum absolute atomic E-state index is 0.125. The highest BCUT2D eigenvalue weighted by molar-refractivity contribution is 5.91. The first-order valence-corrected chi connectivity index (χ1v) is 9.09. The molecular formula is C21H25N3O3. The van der Waals surface area contributed by atoms with Crippen LogP contribution in [0.5, 0.6) is 0 Å². The van der Waals surface area contributed by atoms with Crippen molar-refractivity contribution in [1.82, 2.24) is 14.8 Å². The number of amides is 1. The molecule has 0 unspecified atom stereocenters. The van der Waals surface area contributed by atoms with E-state index in [1.165, 1.54) is 5.56 Å². The van der Waals surface area contributed by atoms with Gasteiger partial charge in [0.15, 0.2) is 11.5 Å². The Bertz CT molecular complexity index is 863. The van der Waals surface area contributed by atoms with E-state index in [0.717, 1.165) is 25.3 Å². The van der Waals surface area contributed by atoms with Crippen LogP contribution in [0.1, 0.15) is 41.4 Å². The van der Waals surface area contributed by atoms with Gasteiger partial charge in [0.2, 0.25) is 0 Å². The summed E-state index contributed by atoms with van der Waals surface area (Å²) >= 11 is 0. The lowest BCUT2D eigenvalue weighted by Gasteiger charge is -2.34. The summed E-state index contributed by atoms with van der Waals surface area (Å²) in [5.74, 6) is 5.96. The molecule has 142 valence electrons. The number of piperazine rings is 1. The molecule has 2 aromatic heterocycles. The molecule has 6 heteroatoms. The first kappa shape index (κ1) is 19.2. The Kier molecular flexibility index (Phi) is 5.64. The highest BCUT2D eigenvalue weighted by Crippen LogP contribution is 2.14. The third-order valence-corrected chi connectivity index (χ3v) is 4.46. The van der Waals surface area contributed by atoms with Gasteiger partial charge in [-0.25, -0.2) is 0 Å². The van der Waals surface area contributed by atoms with Crippen LogP contribution in [0, 0.1) is 18.8 Å². The second kappa shape index (κ2) is 7.95. The Balaban J connectivity index is 1.56. The van der Waals surface area contributed by atoms with Crippen LogP contribution in [0.2, 0.25) is 0 Å². The predicted molar refractivity (Wildman–Crippen MR) is 102 cm³/mol. The lowest BCUT2D eigenvalue weighted by molar-refractivity contribution is 0.0595. The number of aliphatic hydroxyl groups is 1. The van der Waals surface area contributed by atoms with Gasteiger partial charge in [0.25, 0.3) is 5.91 Å². The second-order valence-electron chi connectivity index (χ2n) is 7.31. The zero-order chi connectivity index (χ0) is 19.4. The monoisotopic (exact) mass is 367 g/mol. The van der Waals surface area contributed by atoms with Gasteiger partial charge in [-0.05, 0) is 50.5 Å². The Morgan fingerprint density at radius 3 is 2.67 bits per heavy atom. The molecule has 0 aromatic carbocycles. The molecule has 1 aliphatic rings. The summed E-state index contributed by atoms with van der Waals surface area (Å²) in [6.45, 7) is 8.96. The summed E-state index contributed by atoms with van der Waals surface area (Å²) in [5, 5.41) is 9.65. The summed E-state index contributed by atoms with van der Waals surface area (Å²) in [5.41, 5.74) is 1.17. The van der Waals surface area contributed by atoms with Crippen LogP contribution in [-0.2, 0) is 6.54 Å². The number of carbonyl (C=O) groups excluding carboxylic acids is 1. The van der Waals surface area contributed by atoms with Gasteiger partial charge in [0.1, 0.15) is 5.60 Å². The van der Waals surface area contributed by atoms with Crippen LogP contribution in [0.3, 0.4) is 0 Å². The second-order valence-corrected chi connectivity index (χ2v) is 7.31. The van der Waals surface area contributed by atoms with Gasteiger partial charge >= 0.3 is 0 Å². The van der Waals surface area contributed by atoms with Gasteiger partial charge in [-0.2, -0.15) is 0 Å². The van der Waals surface area contributed by atoms with E-state index in [1.807, 2.05) is 12.3 Å². The van der Waals surface area contributed by atoms with E-state index < -0.39 is 5.60 Å². The molecule has 0 spiro atoms. The number of aryl methyl sites for hydroxylation is 1. The van der Waals surface area contributed by atoms with Crippen molar-refractivity contribution in [3.63, 3.8) is 0 Å². The van der Waals surface area contributed by atoms with Crippen molar-refractivity contribution in [1.29, 1.82) is 0 Å². The van der Waals surface area contributed by atoms with Gasteiger partial charge in [-0.15, -0.1) is 0 Å². The van der Waals surface area contributed by atoms with Crippen LogP contribution < -0.4 is 0 Å². The zero-order valence-electron chi connectivity index (χ0n) is 16.0. The molecule has 27 heavy (non-hydrogen) atoms. The molecule has 1 aliphatic heterocycles. The third kappa shape index (κ3) is 5.19. The van der Waals surface area contributed by atoms with E-state index in [9.17, 15) is 9.90 Å². The van der Waals surface area contributed by atoms with E-state index >= 15 is 0 Å². The van der Waals surface area contributed by atoms with Crippen molar-refractivity contribution in [3.05, 3.63) is 53.2 Å². The molecule has 2 aromatic rings. The number of rotatable bonds is 3. The summed E-state index contributed by atoms with van der Waals surface area (Å²) in [6.07, 6.45) is 1.82. The first-order chi connectivity index (χ1) is 12.8. The first-order valence-electron chi connectivity index (χ1n) is 9.09. The van der Waals surface area contributed by atoms with Crippen LogP contribution in [-0.4, -0.2) is 57.6 Å². The molecule has 3 rings (SSSR count). The third-order valence-electron chi connectivity index (χ3n) is 4.46. The molecule has 0 bridgehead atoms. The quantitative estimate of drug-likeness (QED) is 0.841. The standard InChI is InChI=1S/C21H25N3O3/c1-16-5-4-10-22-18(16)15-23-11-13-24(14-12-23)20(25)19-7-6-17(27-19)8-9-21(2,3)26/h4-7,10,26H,11-15H2,1-3H3. The Labute approximate surface area is 159 Å². The molecule has 1 amide bonds. The molecule has 1 saturated heterocycles. The van der Waals surface area contributed by atoms with Crippen molar-refractivity contribution in [2.75, 3.05) is 26.2 Å². The van der Waals surface area contributed by atoms with Crippen LogP contribution >= 0.6 is 0 Å². The molecule has 1 fully saturated rings. The number of hydrogen-bond donors (Lipinski definition) is 1. The van der Waals surface area contributed by atoms with Crippen molar-refractivity contribution < 1.29 is 14.3 Å². The maximum atomic E-state index is 12.6. The SMILES string of the molecule is Cc1cccnc1CN1CCN(C(=O)c2ccc(C#CC(C)(C)O)o2)CC1. The topological polar surface area (TPSA) is 69.8 Å².